The summed E-state index contributed by atoms with van der Waals surface area (Å²) in [7, 11) is 4.06. The summed E-state index contributed by atoms with van der Waals surface area (Å²) in [5.41, 5.74) is 3.53. The molecule has 0 unspecified atom stereocenters. The van der Waals surface area contributed by atoms with E-state index in [0.717, 1.165) is 12.1 Å². The Kier molecular flexibility index (Phi) is 4.74. The average Bonchev–Trinajstić information content (AvgIpc) is 2.46. The Balaban J connectivity index is 1.92. The monoisotopic (exact) mass is 272 g/mol. The van der Waals surface area contributed by atoms with Crippen molar-refractivity contribution in [2.45, 2.75) is 19.5 Å². The van der Waals surface area contributed by atoms with Gasteiger partial charge in [0.1, 0.15) is 5.82 Å². The first kappa shape index (κ1) is 14.5. The summed E-state index contributed by atoms with van der Waals surface area (Å²) in [6, 6.07) is 15.3. The van der Waals surface area contributed by atoms with Crippen LogP contribution in [0.25, 0.3) is 0 Å². The van der Waals surface area contributed by atoms with Gasteiger partial charge in [0, 0.05) is 32.4 Å². The quantitative estimate of drug-likeness (QED) is 0.892. The van der Waals surface area contributed by atoms with E-state index in [4.69, 9.17) is 0 Å². The summed E-state index contributed by atoms with van der Waals surface area (Å²) >= 11 is 0. The van der Waals surface area contributed by atoms with Crippen molar-refractivity contribution in [2.75, 3.05) is 19.0 Å². The zero-order valence-electron chi connectivity index (χ0n) is 12.2. The first-order valence-corrected chi connectivity index (χ1v) is 6.81. The molecule has 1 N–H and O–H groups in total. The average molecular weight is 272 g/mol. The van der Waals surface area contributed by atoms with Crippen molar-refractivity contribution in [3.05, 3.63) is 65.5 Å². The molecular weight excluding hydrogens is 251 g/mol. The van der Waals surface area contributed by atoms with E-state index in [1.165, 1.54) is 23.4 Å². The van der Waals surface area contributed by atoms with E-state index in [1.54, 1.807) is 0 Å². The molecule has 0 fully saturated rings. The minimum absolute atomic E-state index is 0.194. The molecule has 2 aromatic carbocycles. The number of hydrogen-bond acceptors (Lipinski definition) is 2. The third kappa shape index (κ3) is 3.81. The van der Waals surface area contributed by atoms with Gasteiger partial charge >= 0.3 is 0 Å². The molecule has 1 atom stereocenters. The predicted molar refractivity (Wildman–Crippen MR) is 82.4 cm³/mol. The van der Waals surface area contributed by atoms with Crippen molar-refractivity contribution in [1.29, 1.82) is 0 Å². The molecule has 0 saturated carbocycles. The summed E-state index contributed by atoms with van der Waals surface area (Å²) in [6.07, 6.45) is 0. The molecule has 0 saturated heterocycles. The van der Waals surface area contributed by atoms with Crippen LogP contribution in [0.2, 0.25) is 0 Å². The van der Waals surface area contributed by atoms with Gasteiger partial charge in [0.25, 0.3) is 0 Å². The fourth-order valence-electron chi connectivity index (χ4n) is 2.05. The number of rotatable bonds is 5. The Morgan fingerprint density at radius 3 is 2.15 bits per heavy atom. The zero-order valence-corrected chi connectivity index (χ0v) is 12.2. The number of nitrogens with zero attached hydrogens (tertiary/aromatic N) is 1. The summed E-state index contributed by atoms with van der Waals surface area (Å²) in [4.78, 5) is 2.08. The number of nitrogens with one attached hydrogen (secondary N) is 1. The summed E-state index contributed by atoms with van der Waals surface area (Å²) < 4.78 is 12.9. The second kappa shape index (κ2) is 6.53. The maximum absolute atomic E-state index is 12.9. The van der Waals surface area contributed by atoms with Gasteiger partial charge in [0.15, 0.2) is 0 Å². The Morgan fingerprint density at radius 2 is 1.60 bits per heavy atom. The largest absolute Gasteiger partial charge is 0.378 e. The van der Waals surface area contributed by atoms with E-state index in [2.05, 4.69) is 41.4 Å². The molecule has 0 amide bonds. The topological polar surface area (TPSA) is 15.3 Å². The molecule has 2 aromatic rings. The van der Waals surface area contributed by atoms with Gasteiger partial charge in [-0.1, -0.05) is 24.3 Å². The molecule has 0 aliphatic carbocycles. The molecule has 0 aliphatic heterocycles. The van der Waals surface area contributed by atoms with Crippen molar-refractivity contribution in [1.82, 2.24) is 5.32 Å². The molecule has 0 aromatic heterocycles. The third-order valence-electron chi connectivity index (χ3n) is 3.44. The third-order valence-corrected chi connectivity index (χ3v) is 3.44. The molecule has 2 rings (SSSR count). The van der Waals surface area contributed by atoms with Gasteiger partial charge in [-0.25, -0.2) is 4.39 Å². The van der Waals surface area contributed by atoms with Crippen LogP contribution in [0.1, 0.15) is 24.1 Å². The van der Waals surface area contributed by atoms with Crippen LogP contribution in [0.4, 0.5) is 10.1 Å². The molecule has 106 valence electrons. The Labute approximate surface area is 120 Å². The zero-order chi connectivity index (χ0) is 14.5. The van der Waals surface area contributed by atoms with E-state index >= 15 is 0 Å². The van der Waals surface area contributed by atoms with Crippen LogP contribution >= 0.6 is 0 Å². The lowest BCUT2D eigenvalue weighted by Crippen LogP contribution is -2.18. The van der Waals surface area contributed by atoms with Gasteiger partial charge in [-0.15, -0.1) is 0 Å². The number of benzene rings is 2. The van der Waals surface area contributed by atoms with Gasteiger partial charge < -0.3 is 10.2 Å². The van der Waals surface area contributed by atoms with Gasteiger partial charge in [-0.3, -0.25) is 0 Å². The molecule has 0 spiro atoms. The van der Waals surface area contributed by atoms with Gasteiger partial charge in [0.2, 0.25) is 0 Å². The van der Waals surface area contributed by atoms with E-state index in [-0.39, 0.29) is 11.9 Å². The van der Waals surface area contributed by atoms with Crippen LogP contribution in [0, 0.1) is 5.82 Å². The first-order valence-electron chi connectivity index (χ1n) is 6.81. The van der Waals surface area contributed by atoms with Crippen molar-refractivity contribution >= 4 is 5.69 Å². The summed E-state index contributed by atoms with van der Waals surface area (Å²) in [5.74, 6) is -0.194. The van der Waals surface area contributed by atoms with Crippen LogP contribution in [0.5, 0.6) is 0 Å². The minimum atomic E-state index is -0.194. The van der Waals surface area contributed by atoms with E-state index in [0.29, 0.717) is 0 Å². The molecule has 3 heteroatoms. The van der Waals surface area contributed by atoms with Crippen LogP contribution in [-0.2, 0) is 6.54 Å². The van der Waals surface area contributed by atoms with Gasteiger partial charge in [-0.05, 0) is 42.3 Å². The summed E-state index contributed by atoms with van der Waals surface area (Å²) in [5, 5.41) is 3.45. The fourth-order valence-corrected chi connectivity index (χ4v) is 2.05. The molecule has 0 radical (unpaired) electrons. The Morgan fingerprint density at radius 1 is 1.00 bits per heavy atom. The lowest BCUT2D eigenvalue weighted by atomic mass is 10.1. The highest BCUT2D eigenvalue weighted by molar-refractivity contribution is 5.45. The SMILES string of the molecule is C[C@@H](NCc1ccc(N(C)C)cc1)c1ccc(F)cc1. The standard InChI is InChI=1S/C17H21FN2/c1-13(15-6-8-16(18)9-7-15)19-12-14-4-10-17(11-5-14)20(2)3/h4-11,13,19H,12H2,1-3H3/t13-/m1/s1. The van der Waals surface area contributed by atoms with Crippen molar-refractivity contribution in [3.63, 3.8) is 0 Å². The van der Waals surface area contributed by atoms with E-state index < -0.39 is 0 Å². The summed E-state index contributed by atoms with van der Waals surface area (Å²) in [6.45, 7) is 2.88. The van der Waals surface area contributed by atoms with Crippen LogP contribution < -0.4 is 10.2 Å². The highest BCUT2D eigenvalue weighted by atomic mass is 19.1. The molecule has 20 heavy (non-hydrogen) atoms. The predicted octanol–water partition coefficient (Wildman–Crippen LogP) is 3.74. The van der Waals surface area contributed by atoms with E-state index in [9.17, 15) is 4.39 Å². The second-order valence-electron chi connectivity index (χ2n) is 5.22. The van der Waals surface area contributed by atoms with E-state index in [1.807, 2.05) is 26.2 Å². The lowest BCUT2D eigenvalue weighted by molar-refractivity contribution is 0.571. The van der Waals surface area contributed by atoms with Crippen molar-refractivity contribution < 1.29 is 4.39 Å². The number of halogens is 1. The van der Waals surface area contributed by atoms with Crippen LogP contribution in [0.3, 0.4) is 0 Å². The normalized spacial score (nSPS) is 12.2. The highest BCUT2D eigenvalue weighted by Gasteiger charge is 2.05. The molecule has 0 bridgehead atoms. The lowest BCUT2D eigenvalue weighted by Gasteiger charge is -2.16. The van der Waals surface area contributed by atoms with Crippen molar-refractivity contribution in [3.8, 4) is 0 Å². The second-order valence-corrected chi connectivity index (χ2v) is 5.22. The first-order chi connectivity index (χ1) is 9.56. The van der Waals surface area contributed by atoms with Crippen LogP contribution in [-0.4, -0.2) is 14.1 Å². The van der Waals surface area contributed by atoms with Gasteiger partial charge in [-0.2, -0.15) is 0 Å². The molecule has 0 aliphatic rings. The number of hydrogen-bond donors (Lipinski definition) is 1. The molecule has 0 heterocycles. The smallest absolute Gasteiger partial charge is 0.123 e. The maximum Gasteiger partial charge on any atom is 0.123 e. The van der Waals surface area contributed by atoms with Crippen molar-refractivity contribution in [2.24, 2.45) is 0 Å². The Hall–Kier alpha value is -1.87. The molecule has 2 nitrogen and oxygen atoms in total. The minimum Gasteiger partial charge on any atom is -0.378 e. The Bertz CT molecular complexity index is 532. The molecular formula is C17H21FN2. The maximum atomic E-state index is 12.9. The fraction of sp³-hybridized carbons (Fsp3) is 0.294. The number of anilines is 1. The van der Waals surface area contributed by atoms with Crippen LogP contribution in [0.15, 0.2) is 48.5 Å². The van der Waals surface area contributed by atoms with Gasteiger partial charge in [0.05, 0.1) is 0 Å². The highest BCUT2D eigenvalue weighted by Crippen LogP contribution is 2.15.